The van der Waals surface area contributed by atoms with Crippen LogP contribution in [0.5, 0.6) is 0 Å². The summed E-state index contributed by atoms with van der Waals surface area (Å²) in [4.78, 5) is 0. The minimum atomic E-state index is 0. The molecule has 0 aliphatic rings. The number of nitrogens with two attached hydrogens (primary N) is 1. The molecular formula is C10H11Cl3N4. The van der Waals surface area contributed by atoms with E-state index in [2.05, 4.69) is 10.3 Å². The zero-order valence-electron chi connectivity index (χ0n) is 9.02. The first-order valence-electron chi connectivity index (χ1n) is 4.70. The van der Waals surface area contributed by atoms with Crippen LogP contribution >= 0.6 is 35.6 Å². The smallest absolute Gasteiger partial charge is 0.0996 e. The summed E-state index contributed by atoms with van der Waals surface area (Å²) in [6.07, 6.45) is 0. The summed E-state index contributed by atoms with van der Waals surface area (Å²) < 4.78 is 1.65. The summed E-state index contributed by atoms with van der Waals surface area (Å²) in [5.74, 6) is 0. The van der Waals surface area contributed by atoms with Gasteiger partial charge in [-0.1, -0.05) is 28.4 Å². The van der Waals surface area contributed by atoms with E-state index in [4.69, 9.17) is 28.9 Å². The summed E-state index contributed by atoms with van der Waals surface area (Å²) in [5.41, 5.74) is 7.92. The van der Waals surface area contributed by atoms with Crippen LogP contribution in [0.3, 0.4) is 0 Å². The van der Waals surface area contributed by atoms with Crippen LogP contribution in [0.15, 0.2) is 18.2 Å². The van der Waals surface area contributed by atoms with Crippen molar-refractivity contribution < 1.29 is 0 Å². The van der Waals surface area contributed by atoms with Crippen LogP contribution < -0.4 is 5.73 Å². The number of rotatable bonds is 2. The SMILES string of the molecule is Cc1c(CN)nnn1-c1ccc(Cl)cc1Cl.Cl. The fourth-order valence-electron chi connectivity index (χ4n) is 1.43. The molecule has 0 bridgehead atoms. The summed E-state index contributed by atoms with van der Waals surface area (Å²) >= 11 is 11.9. The van der Waals surface area contributed by atoms with Crippen molar-refractivity contribution in [3.05, 3.63) is 39.6 Å². The van der Waals surface area contributed by atoms with Crippen LogP contribution in [0.4, 0.5) is 0 Å². The maximum atomic E-state index is 6.08. The van der Waals surface area contributed by atoms with E-state index in [1.54, 1.807) is 22.9 Å². The molecule has 4 nitrogen and oxygen atoms in total. The van der Waals surface area contributed by atoms with Crippen LogP contribution in [0.25, 0.3) is 5.69 Å². The van der Waals surface area contributed by atoms with Crippen molar-refractivity contribution in [2.45, 2.75) is 13.5 Å². The Balaban J connectivity index is 0.00000144. The van der Waals surface area contributed by atoms with Crippen LogP contribution in [-0.4, -0.2) is 15.0 Å². The van der Waals surface area contributed by atoms with Crippen molar-refractivity contribution in [3.63, 3.8) is 0 Å². The second kappa shape index (κ2) is 5.69. The molecule has 0 amide bonds. The predicted molar refractivity (Wildman–Crippen MR) is 71.3 cm³/mol. The van der Waals surface area contributed by atoms with Gasteiger partial charge in [0.25, 0.3) is 0 Å². The van der Waals surface area contributed by atoms with Crippen LogP contribution in [0, 0.1) is 6.92 Å². The van der Waals surface area contributed by atoms with Gasteiger partial charge in [0.1, 0.15) is 0 Å². The second-order valence-corrected chi connectivity index (χ2v) is 4.18. The molecule has 1 heterocycles. The first-order valence-corrected chi connectivity index (χ1v) is 5.45. The lowest BCUT2D eigenvalue weighted by Gasteiger charge is -2.06. The van der Waals surface area contributed by atoms with Gasteiger partial charge in [-0.25, -0.2) is 4.68 Å². The van der Waals surface area contributed by atoms with Gasteiger partial charge in [-0.3, -0.25) is 0 Å². The number of aromatic nitrogens is 3. The zero-order valence-corrected chi connectivity index (χ0v) is 11.4. The lowest BCUT2D eigenvalue weighted by molar-refractivity contribution is 0.783. The van der Waals surface area contributed by atoms with E-state index in [0.29, 0.717) is 16.6 Å². The molecule has 0 radical (unpaired) electrons. The van der Waals surface area contributed by atoms with Crippen molar-refractivity contribution in [3.8, 4) is 5.69 Å². The molecule has 0 aliphatic carbocycles. The molecule has 2 N–H and O–H groups in total. The van der Waals surface area contributed by atoms with Gasteiger partial charge in [0.2, 0.25) is 0 Å². The van der Waals surface area contributed by atoms with Gasteiger partial charge in [0, 0.05) is 11.6 Å². The quantitative estimate of drug-likeness (QED) is 0.926. The molecule has 0 spiro atoms. The molecule has 17 heavy (non-hydrogen) atoms. The molecule has 2 aromatic rings. The van der Waals surface area contributed by atoms with Crippen LogP contribution in [-0.2, 0) is 6.54 Å². The third-order valence-electron chi connectivity index (χ3n) is 2.32. The lowest BCUT2D eigenvalue weighted by Crippen LogP contribution is -2.02. The molecule has 2 rings (SSSR count). The number of nitrogens with zero attached hydrogens (tertiary/aromatic N) is 3. The van der Waals surface area contributed by atoms with Gasteiger partial charge in [-0.2, -0.15) is 0 Å². The van der Waals surface area contributed by atoms with E-state index in [-0.39, 0.29) is 12.4 Å². The summed E-state index contributed by atoms with van der Waals surface area (Å²) in [6.45, 7) is 2.25. The number of halogens is 3. The standard InChI is InChI=1S/C10H10Cl2N4.ClH/c1-6-9(5-13)14-15-16(6)10-3-2-7(11)4-8(10)12;/h2-4H,5,13H2,1H3;1H. The molecule has 1 aromatic carbocycles. The Hall–Kier alpha value is -0.810. The van der Waals surface area contributed by atoms with Gasteiger partial charge in [0.15, 0.2) is 0 Å². The van der Waals surface area contributed by atoms with Crippen LogP contribution in [0.2, 0.25) is 10.0 Å². The Morgan fingerprint density at radius 2 is 2.06 bits per heavy atom. The maximum absolute atomic E-state index is 6.08. The molecule has 92 valence electrons. The van der Waals surface area contributed by atoms with Crippen molar-refractivity contribution >= 4 is 35.6 Å². The van der Waals surface area contributed by atoms with Gasteiger partial charge in [-0.05, 0) is 25.1 Å². The normalized spacial score (nSPS) is 10.1. The Labute approximate surface area is 115 Å². The summed E-state index contributed by atoms with van der Waals surface area (Å²) in [5, 5.41) is 9.10. The van der Waals surface area contributed by atoms with E-state index in [1.807, 2.05) is 6.92 Å². The van der Waals surface area contributed by atoms with Crippen LogP contribution in [0.1, 0.15) is 11.4 Å². The van der Waals surface area contributed by atoms with Gasteiger partial charge in [0.05, 0.1) is 22.1 Å². The third-order valence-corrected chi connectivity index (χ3v) is 2.86. The molecular weight excluding hydrogens is 282 g/mol. The van der Waals surface area contributed by atoms with Gasteiger partial charge in [-0.15, -0.1) is 17.5 Å². The average Bonchev–Trinajstić information content (AvgIpc) is 2.60. The van der Waals surface area contributed by atoms with Gasteiger partial charge >= 0.3 is 0 Å². The summed E-state index contributed by atoms with van der Waals surface area (Å²) in [6, 6.07) is 5.22. The minimum Gasteiger partial charge on any atom is -0.325 e. The Kier molecular flexibility index (Phi) is 4.77. The van der Waals surface area contributed by atoms with E-state index in [1.165, 1.54) is 0 Å². The zero-order chi connectivity index (χ0) is 11.7. The molecule has 0 unspecified atom stereocenters. The first kappa shape index (κ1) is 14.3. The topological polar surface area (TPSA) is 56.7 Å². The number of hydrogen-bond donors (Lipinski definition) is 1. The van der Waals surface area contributed by atoms with Crippen molar-refractivity contribution in [1.82, 2.24) is 15.0 Å². The molecule has 0 atom stereocenters. The highest BCUT2D eigenvalue weighted by molar-refractivity contribution is 6.35. The minimum absolute atomic E-state index is 0. The molecule has 0 saturated heterocycles. The van der Waals surface area contributed by atoms with E-state index in [0.717, 1.165) is 17.1 Å². The fraction of sp³-hybridized carbons (Fsp3) is 0.200. The molecule has 1 aromatic heterocycles. The largest absolute Gasteiger partial charge is 0.325 e. The average molecular weight is 294 g/mol. The highest BCUT2D eigenvalue weighted by Gasteiger charge is 2.11. The predicted octanol–water partition coefficient (Wildman–Crippen LogP) is 2.76. The monoisotopic (exact) mass is 292 g/mol. The van der Waals surface area contributed by atoms with Crippen molar-refractivity contribution in [2.75, 3.05) is 0 Å². The van der Waals surface area contributed by atoms with E-state index >= 15 is 0 Å². The molecule has 7 heteroatoms. The number of hydrogen-bond acceptors (Lipinski definition) is 3. The van der Waals surface area contributed by atoms with Crippen molar-refractivity contribution in [1.29, 1.82) is 0 Å². The Morgan fingerprint density at radius 1 is 1.35 bits per heavy atom. The molecule has 0 fully saturated rings. The fourth-order valence-corrected chi connectivity index (χ4v) is 1.92. The van der Waals surface area contributed by atoms with E-state index < -0.39 is 0 Å². The van der Waals surface area contributed by atoms with Crippen molar-refractivity contribution in [2.24, 2.45) is 5.73 Å². The molecule has 0 saturated carbocycles. The maximum Gasteiger partial charge on any atom is 0.0996 e. The molecule has 0 aliphatic heterocycles. The summed E-state index contributed by atoms with van der Waals surface area (Å²) in [7, 11) is 0. The third kappa shape index (κ3) is 2.72. The Morgan fingerprint density at radius 3 is 2.59 bits per heavy atom. The Bertz CT molecular complexity index is 524. The second-order valence-electron chi connectivity index (χ2n) is 3.33. The highest BCUT2D eigenvalue weighted by atomic mass is 35.5. The first-order chi connectivity index (χ1) is 7.63. The lowest BCUT2D eigenvalue weighted by atomic mass is 10.3. The number of benzene rings is 1. The van der Waals surface area contributed by atoms with E-state index in [9.17, 15) is 0 Å². The van der Waals surface area contributed by atoms with Gasteiger partial charge < -0.3 is 5.73 Å². The highest BCUT2D eigenvalue weighted by Crippen LogP contribution is 2.24.